The molecule has 0 spiro atoms. The van der Waals surface area contributed by atoms with Gasteiger partial charge in [0.15, 0.2) is 0 Å². The zero-order valence-electron chi connectivity index (χ0n) is 14.5. The van der Waals surface area contributed by atoms with Gasteiger partial charge in [0.1, 0.15) is 0 Å². The lowest BCUT2D eigenvalue weighted by Gasteiger charge is -2.21. The normalized spacial score (nSPS) is 18.5. The Morgan fingerprint density at radius 1 is 1.32 bits per heavy atom. The van der Waals surface area contributed by atoms with E-state index in [4.69, 9.17) is 0 Å². The molecule has 2 rings (SSSR count). The number of amides is 1. The molecule has 1 aromatic carbocycles. The van der Waals surface area contributed by atoms with Gasteiger partial charge in [-0.15, -0.1) is 0 Å². The topological polar surface area (TPSA) is 23.6 Å². The van der Waals surface area contributed by atoms with E-state index in [9.17, 15) is 4.79 Å². The molecule has 0 aromatic heterocycles. The van der Waals surface area contributed by atoms with Crippen LogP contribution in [0.15, 0.2) is 24.3 Å². The van der Waals surface area contributed by atoms with Crippen LogP contribution in [0.1, 0.15) is 44.2 Å². The molecule has 0 aliphatic carbocycles. The highest BCUT2D eigenvalue weighted by Crippen LogP contribution is 2.18. The second-order valence-electron chi connectivity index (χ2n) is 7.03. The Kier molecular flexibility index (Phi) is 6.01. The molecule has 3 heteroatoms. The number of hydrogen-bond acceptors (Lipinski definition) is 2. The number of likely N-dealkylation sites (N-methyl/N-ethyl adjacent to an activating group) is 1. The van der Waals surface area contributed by atoms with Crippen molar-refractivity contribution >= 4 is 5.91 Å². The molecule has 1 atom stereocenters. The highest BCUT2D eigenvalue weighted by Gasteiger charge is 2.24. The zero-order valence-corrected chi connectivity index (χ0v) is 14.5. The molecule has 122 valence electrons. The first-order valence-corrected chi connectivity index (χ1v) is 8.48. The largest absolute Gasteiger partial charge is 0.343 e. The summed E-state index contributed by atoms with van der Waals surface area (Å²) in [5, 5.41) is 0. The van der Waals surface area contributed by atoms with Gasteiger partial charge in [-0.05, 0) is 42.9 Å². The molecular weight excluding hydrogens is 272 g/mol. The number of nitrogens with zero attached hydrogens (tertiary/aromatic N) is 2. The first kappa shape index (κ1) is 17.0. The number of rotatable bonds is 6. The van der Waals surface area contributed by atoms with Gasteiger partial charge in [-0.25, -0.2) is 0 Å². The van der Waals surface area contributed by atoms with E-state index in [2.05, 4.69) is 50.1 Å². The molecule has 1 saturated heterocycles. The van der Waals surface area contributed by atoms with E-state index in [-0.39, 0.29) is 5.91 Å². The molecule has 22 heavy (non-hydrogen) atoms. The fourth-order valence-electron chi connectivity index (χ4n) is 3.19. The Morgan fingerprint density at radius 2 is 2.00 bits per heavy atom. The van der Waals surface area contributed by atoms with Gasteiger partial charge < -0.3 is 9.80 Å². The third-order valence-corrected chi connectivity index (χ3v) is 4.73. The van der Waals surface area contributed by atoms with Crippen LogP contribution in [0.3, 0.4) is 0 Å². The quantitative estimate of drug-likeness (QED) is 0.806. The maximum absolute atomic E-state index is 11.4. The van der Waals surface area contributed by atoms with Crippen LogP contribution in [-0.2, 0) is 11.2 Å². The van der Waals surface area contributed by atoms with Crippen LogP contribution in [0.25, 0.3) is 0 Å². The lowest BCUT2D eigenvalue weighted by atomic mass is 10.0. The van der Waals surface area contributed by atoms with Crippen LogP contribution in [-0.4, -0.2) is 48.9 Å². The molecule has 1 aliphatic rings. The molecule has 1 unspecified atom stereocenters. The Balaban J connectivity index is 1.73. The fourth-order valence-corrected chi connectivity index (χ4v) is 3.19. The third-order valence-electron chi connectivity index (χ3n) is 4.73. The monoisotopic (exact) mass is 302 g/mol. The van der Waals surface area contributed by atoms with Crippen molar-refractivity contribution in [3.05, 3.63) is 35.4 Å². The molecule has 3 nitrogen and oxygen atoms in total. The van der Waals surface area contributed by atoms with Gasteiger partial charge in [0.05, 0.1) is 0 Å². The first-order valence-electron chi connectivity index (χ1n) is 8.48. The van der Waals surface area contributed by atoms with E-state index in [0.717, 1.165) is 39.0 Å². The lowest BCUT2D eigenvalue weighted by Crippen LogP contribution is -2.31. The summed E-state index contributed by atoms with van der Waals surface area (Å²) in [6.45, 7) is 10.2. The molecule has 0 bridgehead atoms. The van der Waals surface area contributed by atoms with Gasteiger partial charge in [0.2, 0.25) is 5.91 Å². The number of carbonyl (C=O) groups excluding carboxylic acids is 1. The van der Waals surface area contributed by atoms with Gasteiger partial charge in [0.25, 0.3) is 0 Å². The molecular formula is C19H30N2O. The molecule has 0 radical (unpaired) electrons. The van der Waals surface area contributed by atoms with Crippen LogP contribution in [0.2, 0.25) is 0 Å². The summed E-state index contributed by atoms with van der Waals surface area (Å²) < 4.78 is 0. The Labute approximate surface area is 135 Å². The number of hydrogen-bond donors (Lipinski definition) is 0. The summed E-state index contributed by atoms with van der Waals surface area (Å²) in [5.74, 6) is 1.45. The van der Waals surface area contributed by atoms with Crippen molar-refractivity contribution in [2.45, 2.75) is 39.5 Å². The van der Waals surface area contributed by atoms with Gasteiger partial charge in [-0.3, -0.25) is 4.79 Å². The smallest absolute Gasteiger partial charge is 0.219 e. The van der Waals surface area contributed by atoms with Crippen molar-refractivity contribution in [3.8, 4) is 0 Å². The molecule has 1 heterocycles. The van der Waals surface area contributed by atoms with Crippen molar-refractivity contribution in [2.75, 3.05) is 33.2 Å². The van der Waals surface area contributed by atoms with Crippen molar-refractivity contribution in [1.29, 1.82) is 0 Å². The Hall–Kier alpha value is -1.35. The van der Waals surface area contributed by atoms with E-state index >= 15 is 0 Å². The fraction of sp³-hybridized carbons (Fsp3) is 0.632. The number of likely N-dealkylation sites (tertiary alicyclic amines) is 1. The predicted molar refractivity (Wildman–Crippen MR) is 92.1 cm³/mol. The molecule has 0 saturated carbocycles. The molecule has 0 N–H and O–H groups in total. The second-order valence-corrected chi connectivity index (χ2v) is 7.03. The van der Waals surface area contributed by atoms with Crippen LogP contribution < -0.4 is 0 Å². The predicted octanol–water partition coefficient (Wildman–Crippen LogP) is 3.15. The van der Waals surface area contributed by atoms with E-state index < -0.39 is 0 Å². The van der Waals surface area contributed by atoms with Gasteiger partial charge >= 0.3 is 0 Å². The second kappa shape index (κ2) is 7.77. The summed E-state index contributed by atoms with van der Waals surface area (Å²) in [6, 6.07) is 9.02. The van der Waals surface area contributed by atoms with Crippen molar-refractivity contribution < 1.29 is 4.79 Å². The average molecular weight is 302 g/mol. The summed E-state index contributed by atoms with van der Waals surface area (Å²) in [4.78, 5) is 15.8. The molecule has 1 amide bonds. The van der Waals surface area contributed by atoms with Gasteiger partial charge in [-0.2, -0.15) is 0 Å². The van der Waals surface area contributed by atoms with Gasteiger partial charge in [-0.1, -0.05) is 38.1 Å². The van der Waals surface area contributed by atoms with Gasteiger partial charge in [0, 0.05) is 33.1 Å². The molecule has 1 aliphatic heterocycles. The highest BCUT2D eigenvalue weighted by atomic mass is 16.2. The summed E-state index contributed by atoms with van der Waals surface area (Å²) >= 11 is 0. The van der Waals surface area contributed by atoms with E-state index in [1.165, 1.54) is 11.1 Å². The standard InChI is InChI=1S/C19H30N2O/c1-15(2)19-7-5-17(6-8-19)9-11-20(4)13-18-10-12-21(14-18)16(3)22/h5-8,15,18H,9-14H2,1-4H3. The van der Waals surface area contributed by atoms with E-state index in [1.807, 2.05) is 4.90 Å². The van der Waals surface area contributed by atoms with E-state index in [1.54, 1.807) is 6.92 Å². The number of carbonyl (C=O) groups is 1. The van der Waals surface area contributed by atoms with E-state index in [0.29, 0.717) is 11.8 Å². The molecule has 1 fully saturated rings. The van der Waals surface area contributed by atoms with Crippen LogP contribution in [0.4, 0.5) is 0 Å². The lowest BCUT2D eigenvalue weighted by molar-refractivity contribution is -0.127. The maximum Gasteiger partial charge on any atom is 0.219 e. The minimum absolute atomic E-state index is 0.218. The van der Waals surface area contributed by atoms with Crippen molar-refractivity contribution in [2.24, 2.45) is 5.92 Å². The Morgan fingerprint density at radius 3 is 2.55 bits per heavy atom. The average Bonchev–Trinajstić information content (AvgIpc) is 2.94. The minimum Gasteiger partial charge on any atom is -0.343 e. The van der Waals surface area contributed by atoms with Crippen LogP contribution >= 0.6 is 0 Å². The van der Waals surface area contributed by atoms with Crippen LogP contribution in [0, 0.1) is 5.92 Å². The SMILES string of the molecule is CC(=O)N1CCC(CN(C)CCc2ccc(C(C)C)cc2)C1. The summed E-state index contributed by atoms with van der Waals surface area (Å²) in [7, 11) is 2.19. The summed E-state index contributed by atoms with van der Waals surface area (Å²) in [6.07, 6.45) is 2.24. The Bertz CT molecular complexity index is 481. The number of benzene rings is 1. The highest BCUT2D eigenvalue weighted by molar-refractivity contribution is 5.73. The van der Waals surface area contributed by atoms with Crippen LogP contribution in [0.5, 0.6) is 0 Å². The maximum atomic E-state index is 11.4. The zero-order chi connectivity index (χ0) is 16.1. The minimum atomic E-state index is 0.218. The summed E-state index contributed by atoms with van der Waals surface area (Å²) in [5.41, 5.74) is 2.82. The third kappa shape index (κ3) is 4.84. The van der Waals surface area contributed by atoms with Crippen molar-refractivity contribution in [3.63, 3.8) is 0 Å². The molecule has 1 aromatic rings. The van der Waals surface area contributed by atoms with Crippen molar-refractivity contribution in [1.82, 2.24) is 9.80 Å². The first-order chi connectivity index (χ1) is 10.5.